The Morgan fingerprint density at radius 1 is 1.03 bits per heavy atom. The van der Waals surface area contributed by atoms with E-state index in [1.54, 1.807) is 12.0 Å². The number of hydrogen-bond acceptors (Lipinski definition) is 4. The van der Waals surface area contributed by atoms with Gasteiger partial charge in [-0.3, -0.25) is 9.59 Å². The number of piperidine rings is 1. The molecule has 0 unspecified atom stereocenters. The first-order chi connectivity index (χ1) is 15.9. The number of benzene rings is 2. The lowest BCUT2D eigenvalue weighted by Crippen LogP contribution is -2.54. The highest BCUT2D eigenvalue weighted by Gasteiger charge is 2.27. The molecule has 1 aliphatic rings. The maximum atomic E-state index is 12.9. The molecule has 8 heteroatoms. The van der Waals surface area contributed by atoms with E-state index in [9.17, 15) is 14.4 Å². The molecule has 0 aliphatic carbocycles. The lowest BCUT2D eigenvalue weighted by molar-refractivity contribution is -0.128. The van der Waals surface area contributed by atoms with Crippen LogP contribution in [0.4, 0.5) is 4.79 Å². The summed E-state index contributed by atoms with van der Waals surface area (Å²) in [5.74, 6) is 0.218. The lowest BCUT2D eigenvalue weighted by Gasteiger charge is -2.33. The fourth-order valence-corrected chi connectivity index (χ4v) is 3.90. The molecular weight excluding hydrogens is 420 g/mol. The highest BCUT2D eigenvalue weighted by Crippen LogP contribution is 2.15. The summed E-state index contributed by atoms with van der Waals surface area (Å²) in [6.07, 6.45) is 1.69. The van der Waals surface area contributed by atoms with E-state index < -0.39 is 6.04 Å². The van der Waals surface area contributed by atoms with Gasteiger partial charge in [-0.05, 0) is 36.1 Å². The molecule has 3 rings (SSSR count). The zero-order valence-corrected chi connectivity index (χ0v) is 19.2. The summed E-state index contributed by atoms with van der Waals surface area (Å²) in [6, 6.07) is 16.4. The summed E-state index contributed by atoms with van der Waals surface area (Å²) in [7, 11) is 1.59. The van der Waals surface area contributed by atoms with Crippen LogP contribution >= 0.6 is 0 Å². The lowest BCUT2D eigenvalue weighted by atomic mass is 10.0. The van der Waals surface area contributed by atoms with Gasteiger partial charge in [-0.25, -0.2) is 4.79 Å². The topological polar surface area (TPSA) is 99.8 Å². The number of urea groups is 1. The molecule has 3 N–H and O–H groups in total. The Bertz CT molecular complexity index is 942. The van der Waals surface area contributed by atoms with Crippen molar-refractivity contribution < 1.29 is 19.1 Å². The van der Waals surface area contributed by atoms with Gasteiger partial charge in [0.05, 0.1) is 7.11 Å². The molecule has 0 radical (unpaired) electrons. The minimum absolute atomic E-state index is 0.0442. The number of carbonyl (C=O) groups excluding carboxylic acids is 3. The fourth-order valence-electron chi connectivity index (χ4n) is 3.90. The molecule has 33 heavy (non-hydrogen) atoms. The standard InChI is InChI=1S/C25H32N4O4/c1-18(30)27-23(16-20-9-6-10-22(15-20)33-2)24(31)28-21-11-13-29(14-12-21)25(32)26-17-19-7-4-3-5-8-19/h3-10,15,21,23H,11-14,16-17H2,1-2H3,(H,26,32)(H,27,30)(H,28,31)/t23-/m0/s1. The van der Waals surface area contributed by atoms with E-state index in [1.807, 2.05) is 54.6 Å². The Morgan fingerprint density at radius 2 is 1.73 bits per heavy atom. The van der Waals surface area contributed by atoms with Crippen LogP contribution < -0.4 is 20.7 Å². The van der Waals surface area contributed by atoms with Gasteiger partial charge in [0.2, 0.25) is 11.8 Å². The zero-order chi connectivity index (χ0) is 23.6. The number of likely N-dealkylation sites (tertiary alicyclic amines) is 1. The van der Waals surface area contributed by atoms with E-state index in [-0.39, 0.29) is 23.9 Å². The van der Waals surface area contributed by atoms with Gasteiger partial charge in [0.25, 0.3) is 0 Å². The minimum atomic E-state index is -0.679. The van der Waals surface area contributed by atoms with Gasteiger partial charge >= 0.3 is 6.03 Å². The van der Waals surface area contributed by atoms with Crippen LogP contribution in [0.5, 0.6) is 5.75 Å². The van der Waals surface area contributed by atoms with Crippen molar-refractivity contribution in [1.82, 2.24) is 20.9 Å². The molecule has 1 atom stereocenters. The average Bonchev–Trinajstić information content (AvgIpc) is 2.83. The first-order valence-corrected chi connectivity index (χ1v) is 11.2. The van der Waals surface area contributed by atoms with Gasteiger partial charge in [-0.1, -0.05) is 42.5 Å². The molecule has 0 aromatic heterocycles. The largest absolute Gasteiger partial charge is 0.497 e. The maximum Gasteiger partial charge on any atom is 0.317 e. The van der Waals surface area contributed by atoms with Gasteiger partial charge < -0.3 is 25.6 Å². The van der Waals surface area contributed by atoms with Gasteiger partial charge in [-0.15, -0.1) is 0 Å². The summed E-state index contributed by atoms with van der Waals surface area (Å²) >= 11 is 0. The molecule has 0 spiro atoms. The molecular formula is C25H32N4O4. The van der Waals surface area contributed by atoms with Gasteiger partial charge in [0.15, 0.2) is 0 Å². The van der Waals surface area contributed by atoms with Crippen molar-refractivity contribution in [3.8, 4) is 5.75 Å². The Balaban J connectivity index is 1.49. The SMILES string of the molecule is COc1cccc(C[C@H](NC(C)=O)C(=O)NC2CCN(C(=O)NCc3ccccc3)CC2)c1. The number of amides is 4. The second-order valence-electron chi connectivity index (χ2n) is 8.22. The second kappa shape index (κ2) is 11.9. The molecule has 176 valence electrons. The Morgan fingerprint density at radius 3 is 2.39 bits per heavy atom. The van der Waals surface area contributed by atoms with E-state index >= 15 is 0 Å². The first kappa shape index (κ1) is 24.1. The number of ether oxygens (including phenoxy) is 1. The molecule has 2 aromatic carbocycles. The molecule has 8 nitrogen and oxygen atoms in total. The van der Waals surface area contributed by atoms with E-state index in [4.69, 9.17) is 4.74 Å². The van der Waals surface area contributed by atoms with Crippen molar-refractivity contribution in [2.24, 2.45) is 0 Å². The molecule has 1 heterocycles. The van der Waals surface area contributed by atoms with Crippen LogP contribution in [0.25, 0.3) is 0 Å². The van der Waals surface area contributed by atoms with Crippen LogP contribution in [-0.2, 0) is 22.6 Å². The van der Waals surface area contributed by atoms with Crippen molar-refractivity contribution in [2.75, 3.05) is 20.2 Å². The predicted molar refractivity (Wildman–Crippen MR) is 126 cm³/mol. The molecule has 0 bridgehead atoms. The summed E-state index contributed by atoms with van der Waals surface area (Å²) < 4.78 is 5.25. The molecule has 0 saturated carbocycles. The zero-order valence-electron chi connectivity index (χ0n) is 19.2. The highest BCUT2D eigenvalue weighted by atomic mass is 16.5. The van der Waals surface area contributed by atoms with Crippen molar-refractivity contribution in [3.63, 3.8) is 0 Å². The first-order valence-electron chi connectivity index (χ1n) is 11.2. The second-order valence-corrected chi connectivity index (χ2v) is 8.22. The number of nitrogens with zero attached hydrogens (tertiary/aromatic N) is 1. The van der Waals surface area contributed by atoms with Crippen LogP contribution in [0, 0.1) is 0 Å². The molecule has 4 amide bonds. The van der Waals surface area contributed by atoms with Crippen molar-refractivity contribution >= 4 is 17.8 Å². The maximum absolute atomic E-state index is 12.9. The number of carbonyl (C=O) groups is 3. The molecule has 1 aliphatic heterocycles. The third-order valence-corrected chi connectivity index (χ3v) is 5.68. The quantitative estimate of drug-likeness (QED) is 0.572. The van der Waals surface area contributed by atoms with Gasteiger partial charge in [0, 0.05) is 39.0 Å². The third-order valence-electron chi connectivity index (χ3n) is 5.68. The van der Waals surface area contributed by atoms with Crippen LogP contribution in [-0.4, -0.2) is 55.0 Å². The summed E-state index contributed by atoms with van der Waals surface area (Å²) in [4.78, 5) is 38.8. The molecule has 1 saturated heterocycles. The number of methoxy groups -OCH3 is 1. The predicted octanol–water partition coefficient (Wildman–Crippen LogP) is 2.23. The van der Waals surface area contributed by atoms with Crippen molar-refractivity contribution in [2.45, 2.75) is 44.8 Å². The molecule has 2 aromatic rings. The Labute approximate surface area is 194 Å². The van der Waals surface area contributed by atoms with Crippen LogP contribution in [0.15, 0.2) is 54.6 Å². The fraction of sp³-hybridized carbons (Fsp3) is 0.400. The number of rotatable bonds is 8. The Hall–Kier alpha value is -3.55. The minimum Gasteiger partial charge on any atom is -0.497 e. The van der Waals surface area contributed by atoms with E-state index in [2.05, 4.69) is 16.0 Å². The van der Waals surface area contributed by atoms with Crippen LogP contribution in [0.3, 0.4) is 0 Å². The van der Waals surface area contributed by atoms with E-state index in [0.717, 1.165) is 11.1 Å². The van der Waals surface area contributed by atoms with Crippen molar-refractivity contribution in [1.29, 1.82) is 0 Å². The average molecular weight is 453 g/mol. The van der Waals surface area contributed by atoms with E-state index in [0.29, 0.717) is 44.6 Å². The smallest absolute Gasteiger partial charge is 0.317 e. The van der Waals surface area contributed by atoms with Crippen molar-refractivity contribution in [3.05, 3.63) is 65.7 Å². The monoisotopic (exact) mass is 452 g/mol. The summed E-state index contributed by atoms with van der Waals surface area (Å²) in [5.41, 5.74) is 1.95. The number of hydrogen-bond donors (Lipinski definition) is 3. The number of nitrogens with one attached hydrogen (secondary N) is 3. The normalized spacial score (nSPS) is 14.8. The Kier molecular flexibility index (Phi) is 8.69. The van der Waals surface area contributed by atoms with E-state index in [1.165, 1.54) is 6.92 Å². The summed E-state index contributed by atoms with van der Waals surface area (Å²) in [6.45, 7) is 3.01. The summed E-state index contributed by atoms with van der Waals surface area (Å²) in [5, 5.41) is 8.74. The highest BCUT2D eigenvalue weighted by molar-refractivity contribution is 5.87. The van der Waals surface area contributed by atoms with Gasteiger partial charge in [0.1, 0.15) is 11.8 Å². The van der Waals surface area contributed by atoms with Gasteiger partial charge in [-0.2, -0.15) is 0 Å². The van der Waals surface area contributed by atoms with Crippen LogP contribution in [0.1, 0.15) is 30.9 Å². The van der Waals surface area contributed by atoms with Crippen LogP contribution in [0.2, 0.25) is 0 Å². The third kappa shape index (κ3) is 7.52. The molecule has 1 fully saturated rings.